The van der Waals surface area contributed by atoms with Gasteiger partial charge in [-0.1, -0.05) is 67.3 Å². The third-order valence-corrected chi connectivity index (χ3v) is 8.50. The highest BCUT2D eigenvalue weighted by atomic mass is 16.5. The number of rotatable bonds is 12. The van der Waals surface area contributed by atoms with E-state index in [4.69, 9.17) is 4.74 Å². The molecule has 2 fully saturated rings. The van der Waals surface area contributed by atoms with Crippen LogP contribution < -0.4 is 5.32 Å². The summed E-state index contributed by atoms with van der Waals surface area (Å²) in [7, 11) is 1.66. The largest absolute Gasteiger partial charge is 0.502 e. The number of pyridine rings is 1. The van der Waals surface area contributed by atoms with Gasteiger partial charge in [0.25, 0.3) is 0 Å². The van der Waals surface area contributed by atoms with Gasteiger partial charge in [0.15, 0.2) is 0 Å². The predicted octanol–water partition coefficient (Wildman–Crippen LogP) is 7.55. The first kappa shape index (κ1) is 36.2. The van der Waals surface area contributed by atoms with Gasteiger partial charge in [-0.15, -0.1) is 0 Å². The number of carbonyl (C=O) groups is 1. The van der Waals surface area contributed by atoms with Crippen LogP contribution in [-0.4, -0.2) is 61.0 Å². The van der Waals surface area contributed by atoms with Crippen molar-refractivity contribution in [3.05, 3.63) is 89.5 Å². The fourth-order valence-electron chi connectivity index (χ4n) is 5.71. The Morgan fingerprint density at radius 1 is 0.953 bits per heavy atom. The number of ether oxygens (including phenoxy) is 1. The molecule has 2 aliphatic heterocycles. The average molecular weight is 591 g/mol. The number of amides is 1. The molecule has 1 N–H and O–H groups in total. The zero-order chi connectivity index (χ0) is 31.3. The summed E-state index contributed by atoms with van der Waals surface area (Å²) in [5.41, 5.74) is 5.22. The van der Waals surface area contributed by atoms with E-state index < -0.39 is 0 Å². The maximum Gasteiger partial charge on any atom is 0.207 e. The Morgan fingerprint density at radius 2 is 1.51 bits per heavy atom. The lowest BCUT2D eigenvalue weighted by Crippen LogP contribution is -2.34. The summed E-state index contributed by atoms with van der Waals surface area (Å²) in [5, 5.41) is 2.47. The fourth-order valence-corrected chi connectivity index (χ4v) is 5.71. The number of piperidine rings is 2. The monoisotopic (exact) mass is 590 g/mol. The van der Waals surface area contributed by atoms with Gasteiger partial charge in [-0.05, 0) is 115 Å². The molecule has 4 rings (SSSR count). The molecule has 0 aliphatic carbocycles. The van der Waals surface area contributed by atoms with Gasteiger partial charge in [0.1, 0.15) is 0 Å². The van der Waals surface area contributed by atoms with Gasteiger partial charge in [0.05, 0.1) is 12.9 Å². The van der Waals surface area contributed by atoms with Crippen molar-refractivity contribution in [3.63, 3.8) is 0 Å². The molecule has 0 bridgehead atoms. The highest BCUT2D eigenvalue weighted by Crippen LogP contribution is 2.28. The van der Waals surface area contributed by atoms with E-state index in [0.29, 0.717) is 13.0 Å². The van der Waals surface area contributed by atoms with Crippen LogP contribution in [0.3, 0.4) is 0 Å². The van der Waals surface area contributed by atoms with Crippen molar-refractivity contribution in [1.82, 2.24) is 20.1 Å². The number of nitrogens with one attached hydrogen (secondary N) is 1. The van der Waals surface area contributed by atoms with Gasteiger partial charge < -0.3 is 10.1 Å². The topological polar surface area (TPSA) is 57.7 Å². The number of carbonyl (C=O) groups excluding carboxylic acids is 1. The molecule has 0 atom stereocenters. The summed E-state index contributed by atoms with van der Waals surface area (Å²) in [5.74, 6) is 2.89. The summed E-state index contributed by atoms with van der Waals surface area (Å²) in [6.45, 7) is 19.4. The zero-order valence-electron chi connectivity index (χ0n) is 27.7. The third-order valence-electron chi connectivity index (χ3n) is 8.50. The van der Waals surface area contributed by atoms with E-state index in [2.05, 4.69) is 70.0 Å². The zero-order valence-corrected chi connectivity index (χ0v) is 27.7. The molecule has 0 unspecified atom stereocenters. The minimum absolute atomic E-state index is 0.587. The smallest absolute Gasteiger partial charge is 0.207 e. The molecule has 2 aromatic rings. The lowest BCUT2D eigenvalue weighted by atomic mass is 9.86. The molecule has 43 heavy (non-hydrogen) atoms. The van der Waals surface area contributed by atoms with Crippen LogP contribution in [0.5, 0.6) is 0 Å². The molecule has 2 saturated heterocycles. The van der Waals surface area contributed by atoms with Crippen molar-refractivity contribution in [2.24, 2.45) is 11.8 Å². The molecule has 0 saturated carbocycles. The number of aryl methyl sites for hydroxylation is 1. The highest BCUT2D eigenvalue weighted by Gasteiger charge is 2.22. The second kappa shape index (κ2) is 21.7. The summed E-state index contributed by atoms with van der Waals surface area (Å²) in [4.78, 5) is 19.0. The third kappa shape index (κ3) is 16.5. The number of nitrogens with zero attached hydrogens (tertiary/aromatic N) is 3. The first-order chi connectivity index (χ1) is 20.8. The number of hydrogen-bond acceptors (Lipinski definition) is 5. The molecule has 2 aliphatic rings. The van der Waals surface area contributed by atoms with Crippen LogP contribution >= 0.6 is 0 Å². The van der Waals surface area contributed by atoms with Crippen molar-refractivity contribution in [2.45, 2.75) is 85.7 Å². The number of benzene rings is 1. The summed E-state index contributed by atoms with van der Waals surface area (Å²) >= 11 is 0. The Labute approximate surface area is 262 Å². The van der Waals surface area contributed by atoms with Gasteiger partial charge in [0, 0.05) is 32.0 Å². The predicted molar refractivity (Wildman–Crippen MR) is 181 cm³/mol. The van der Waals surface area contributed by atoms with Crippen LogP contribution in [0.1, 0.15) is 82.4 Å². The first-order valence-corrected chi connectivity index (χ1v) is 16.2. The molecule has 0 radical (unpaired) electrons. The first-order valence-electron chi connectivity index (χ1n) is 16.2. The van der Waals surface area contributed by atoms with Gasteiger partial charge in [-0.25, -0.2) is 0 Å². The van der Waals surface area contributed by atoms with E-state index in [1.165, 1.54) is 87.8 Å². The Hall–Kier alpha value is -2.96. The van der Waals surface area contributed by atoms with Gasteiger partial charge in [0.2, 0.25) is 6.41 Å². The lowest BCUT2D eigenvalue weighted by molar-refractivity contribution is -0.109. The molecular formula is C37H58N4O2. The maximum atomic E-state index is 9.56. The highest BCUT2D eigenvalue weighted by molar-refractivity contribution is 5.46. The van der Waals surface area contributed by atoms with Gasteiger partial charge in [-0.2, -0.15) is 0 Å². The molecule has 3 heterocycles. The second-order valence-electron chi connectivity index (χ2n) is 12.3. The van der Waals surface area contributed by atoms with Crippen molar-refractivity contribution in [1.29, 1.82) is 0 Å². The second-order valence-corrected chi connectivity index (χ2v) is 12.3. The van der Waals surface area contributed by atoms with E-state index >= 15 is 0 Å². The van der Waals surface area contributed by atoms with Crippen LogP contribution in [0.4, 0.5) is 0 Å². The van der Waals surface area contributed by atoms with Crippen molar-refractivity contribution in [2.75, 3.05) is 39.8 Å². The van der Waals surface area contributed by atoms with Crippen LogP contribution in [0.15, 0.2) is 72.8 Å². The van der Waals surface area contributed by atoms with Crippen molar-refractivity contribution >= 4 is 6.41 Å². The molecule has 238 valence electrons. The SMILES string of the molecule is C/C=C(\C)OC.C=C(C)CNC=O.Cc1cccc(CN2CCC(CCCC3CCN(Cc4ccncc4)CC3)CC2)c1. The normalized spacial score (nSPS) is 16.7. The van der Waals surface area contributed by atoms with E-state index in [-0.39, 0.29) is 0 Å². The number of allylic oxidation sites excluding steroid dienone is 2. The fraction of sp³-hybridized carbons (Fsp3) is 0.568. The van der Waals surface area contributed by atoms with E-state index in [0.717, 1.165) is 36.3 Å². The molecule has 0 spiro atoms. The summed E-state index contributed by atoms with van der Waals surface area (Å²) in [6, 6.07) is 13.3. The number of likely N-dealkylation sites (tertiary alicyclic amines) is 2. The van der Waals surface area contributed by atoms with E-state index in [1.54, 1.807) is 7.11 Å². The maximum absolute atomic E-state index is 9.56. The van der Waals surface area contributed by atoms with Gasteiger partial charge in [-0.3, -0.25) is 19.6 Å². The minimum atomic E-state index is 0.587. The van der Waals surface area contributed by atoms with Crippen LogP contribution in [0, 0.1) is 18.8 Å². The van der Waals surface area contributed by atoms with Crippen LogP contribution in [0.25, 0.3) is 0 Å². The van der Waals surface area contributed by atoms with E-state index in [1.807, 2.05) is 39.2 Å². The van der Waals surface area contributed by atoms with Crippen molar-refractivity contribution in [3.8, 4) is 0 Å². The molecular weight excluding hydrogens is 532 g/mol. The quantitative estimate of drug-likeness (QED) is 0.157. The van der Waals surface area contributed by atoms with Crippen molar-refractivity contribution < 1.29 is 9.53 Å². The van der Waals surface area contributed by atoms with Crippen LogP contribution in [0.2, 0.25) is 0 Å². The van der Waals surface area contributed by atoms with Gasteiger partial charge >= 0.3 is 0 Å². The Kier molecular flexibility index (Phi) is 18.3. The average Bonchev–Trinajstić information content (AvgIpc) is 3.02. The number of hydrogen-bond donors (Lipinski definition) is 1. The Balaban J connectivity index is 0.000000417. The van der Waals surface area contributed by atoms with Crippen LogP contribution in [-0.2, 0) is 22.6 Å². The number of methoxy groups -OCH3 is 1. The molecule has 1 aromatic carbocycles. The molecule has 1 aromatic heterocycles. The lowest BCUT2D eigenvalue weighted by Gasteiger charge is -2.33. The molecule has 6 nitrogen and oxygen atoms in total. The minimum Gasteiger partial charge on any atom is -0.502 e. The Morgan fingerprint density at radius 3 is 1.93 bits per heavy atom. The Bertz CT molecular complexity index is 1060. The molecule has 6 heteroatoms. The number of aromatic nitrogens is 1. The summed E-state index contributed by atoms with van der Waals surface area (Å²) < 4.78 is 4.76. The standard InChI is InChI=1S/C27H39N3.C5H9NO.C5H10O/c1-23-4-2-7-27(20-23)22-30-18-12-25(13-19-30)6-3-5-24-10-16-29(17-11-24)21-26-8-14-28-15-9-26;1-5(2)3-6-4-7;1-4-5(2)6-3/h2,4,7-9,14-15,20,24-25H,3,5-6,10-13,16-19,21-22H2,1H3;4H,1,3H2,2H3,(H,6,7);4H,1-3H3/b;;5-4+. The van der Waals surface area contributed by atoms with E-state index in [9.17, 15) is 4.79 Å². The summed E-state index contributed by atoms with van der Waals surface area (Å²) in [6.07, 6.45) is 16.3. The molecule has 1 amide bonds.